The fraction of sp³-hybridized carbons (Fsp3) is 0.261. The van der Waals surface area contributed by atoms with Crippen LogP contribution in [0.15, 0.2) is 58.2 Å². The maximum absolute atomic E-state index is 13.1. The van der Waals surface area contributed by atoms with Crippen molar-refractivity contribution < 1.29 is 13.2 Å². The highest BCUT2D eigenvalue weighted by Crippen LogP contribution is 2.26. The van der Waals surface area contributed by atoms with Gasteiger partial charge in [-0.05, 0) is 49.9 Å². The van der Waals surface area contributed by atoms with Crippen LogP contribution in [0, 0.1) is 6.92 Å². The first-order valence-electron chi connectivity index (χ1n) is 10.7. The van der Waals surface area contributed by atoms with Crippen molar-refractivity contribution in [2.45, 2.75) is 18.4 Å². The highest BCUT2D eigenvalue weighted by atomic mass is 32.2. The van der Waals surface area contributed by atoms with Crippen LogP contribution in [0.2, 0.25) is 0 Å². The normalized spacial score (nSPS) is 11.9. The van der Waals surface area contributed by atoms with Gasteiger partial charge in [0.15, 0.2) is 5.52 Å². The third kappa shape index (κ3) is 4.64. The summed E-state index contributed by atoms with van der Waals surface area (Å²) in [7, 11) is -0.437. The SMILES string of the molecule is CNCCNS(=O)(=O)c1ccc(-c2nc3c(C)nn(-c4ccccc4)c3c(=O)[nH]2)c(COC)c1. The number of likely N-dealkylation sites (N-methyl/N-ethyl adjacent to an activating group) is 1. The quantitative estimate of drug-likeness (QED) is 0.310. The summed E-state index contributed by atoms with van der Waals surface area (Å²) >= 11 is 0. The predicted octanol–water partition coefficient (Wildman–Crippen LogP) is 1.73. The number of hydrogen-bond acceptors (Lipinski definition) is 7. The molecule has 0 saturated carbocycles. The number of aryl methyl sites for hydroxylation is 1. The molecule has 3 N–H and O–H groups in total. The minimum Gasteiger partial charge on any atom is -0.380 e. The number of sulfonamides is 1. The van der Waals surface area contributed by atoms with E-state index in [-0.39, 0.29) is 23.6 Å². The van der Waals surface area contributed by atoms with Gasteiger partial charge < -0.3 is 15.0 Å². The van der Waals surface area contributed by atoms with Crippen molar-refractivity contribution in [3.8, 4) is 17.1 Å². The predicted molar refractivity (Wildman–Crippen MR) is 129 cm³/mol. The smallest absolute Gasteiger partial charge is 0.277 e. The molecule has 0 aliphatic rings. The van der Waals surface area contributed by atoms with Crippen molar-refractivity contribution >= 4 is 21.1 Å². The molecule has 178 valence electrons. The minimum atomic E-state index is -3.70. The van der Waals surface area contributed by atoms with Gasteiger partial charge in [-0.3, -0.25) is 4.79 Å². The maximum atomic E-state index is 13.1. The fourth-order valence-electron chi connectivity index (χ4n) is 3.68. The van der Waals surface area contributed by atoms with Crippen LogP contribution in [0.5, 0.6) is 0 Å². The standard InChI is InChI=1S/C23H26N6O4S/c1-15-20-21(29(28-15)17-7-5-4-6-8-17)23(30)27-22(26-20)19-10-9-18(13-16(19)14-33-3)34(31,32)25-12-11-24-2/h4-10,13,24-25H,11-12,14H2,1-3H3,(H,26,27,30). The molecule has 34 heavy (non-hydrogen) atoms. The number of rotatable bonds is 9. The average Bonchev–Trinajstić information content (AvgIpc) is 3.17. The van der Waals surface area contributed by atoms with E-state index < -0.39 is 10.0 Å². The lowest BCUT2D eigenvalue weighted by Gasteiger charge is -2.12. The molecule has 0 aliphatic heterocycles. The Labute approximate surface area is 197 Å². The number of benzene rings is 2. The number of H-pyrrole nitrogens is 1. The number of hydrogen-bond donors (Lipinski definition) is 3. The summed E-state index contributed by atoms with van der Waals surface area (Å²) in [5.41, 5.74) is 2.97. The molecular formula is C23H26N6O4S. The number of fused-ring (bicyclic) bond motifs is 1. The molecule has 0 radical (unpaired) electrons. The minimum absolute atomic E-state index is 0.107. The van der Waals surface area contributed by atoms with Crippen molar-refractivity contribution in [1.29, 1.82) is 0 Å². The third-order valence-corrected chi connectivity index (χ3v) is 6.77. The zero-order chi connectivity index (χ0) is 24.3. The molecule has 0 unspecified atom stereocenters. The average molecular weight is 483 g/mol. The number of ether oxygens (including phenoxy) is 1. The van der Waals surface area contributed by atoms with Crippen LogP contribution in [-0.4, -0.2) is 55.4 Å². The van der Waals surface area contributed by atoms with Crippen molar-refractivity contribution in [2.24, 2.45) is 0 Å². The van der Waals surface area contributed by atoms with E-state index in [4.69, 9.17) is 4.74 Å². The zero-order valence-corrected chi connectivity index (χ0v) is 19.9. The molecule has 2 aromatic heterocycles. The molecule has 2 aromatic carbocycles. The van der Waals surface area contributed by atoms with Crippen LogP contribution in [0.3, 0.4) is 0 Å². The summed E-state index contributed by atoms with van der Waals surface area (Å²) < 4.78 is 34.7. The van der Waals surface area contributed by atoms with Crippen molar-refractivity contribution in [2.75, 3.05) is 27.2 Å². The largest absolute Gasteiger partial charge is 0.380 e. The van der Waals surface area contributed by atoms with Crippen LogP contribution in [-0.2, 0) is 21.4 Å². The molecule has 0 amide bonds. The number of methoxy groups -OCH3 is 1. The first kappa shape index (κ1) is 23.8. The Balaban J connectivity index is 1.81. The van der Waals surface area contributed by atoms with Gasteiger partial charge in [-0.25, -0.2) is 22.8 Å². The van der Waals surface area contributed by atoms with E-state index in [2.05, 4.69) is 25.1 Å². The van der Waals surface area contributed by atoms with Crippen molar-refractivity contribution in [1.82, 2.24) is 29.8 Å². The molecule has 2 heterocycles. The summed E-state index contributed by atoms with van der Waals surface area (Å²) in [6.07, 6.45) is 0. The second-order valence-corrected chi connectivity index (χ2v) is 9.46. The number of aromatic nitrogens is 4. The second-order valence-electron chi connectivity index (χ2n) is 7.70. The Hall–Kier alpha value is -3.38. The first-order valence-corrected chi connectivity index (χ1v) is 12.2. The van der Waals surface area contributed by atoms with Gasteiger partial charge in [0.25, 0.3) is 5.56 Å². The Morgan fingerprint density at radius 3 is 2.59 bits per heavy atom. The lowest BCUT2D eigenvalue weighted by Crippen LogP contribution is -2.30. The van der Waals surface area contributed by atoms with Crippen LogP contribution < -0.4 is 15.6 Å². The zero-order valence-electron chi connectivity index (χ0n) is 19.1. The molecule has 0 atom stereocenters. The number of nitrogens with one attached hydrogen (secondary N) is 3. The number of para-hydroxylation sites is 1. The van der Waals surface area contributed by atoms with Gasteiger partial charge in [-0.2, -0.15) is 5.10 Å². The van der Waals surface area contributed by atoms with Crippen LogP contribution in [0.4, 0.5) is 0 Å². The van der Waals surface area contributed by atoms with Gasteiger partial charge in [0.05, 0.1) is 22.9 Å². The van der Waals surface area contributed by atoms with Gasteiger partial charge in [0, 0.05) is 25.8 Å². The van der Waals surface area contributed by atoms with Crippen molar-refractivity contribution in [3.63, 3.8) is 0 Å². The third-order valence-electron chi connectivity index (χ3n) is 5.31. The molecule has 10 nitrogen and oxygen atoms in total. The molecule has 11 heteroatoms. The number of aromatic amines is 1. The van der Waals surface area contributed by atoms with Crippen molar-refractivity contribution in [3.05, 3.63) is 70.1 Å². The lowest BCUT2D eigenvalue weighted by atomic mass is 10.1. The topological polar surface area (TPSA) is 131 Å². The fourth-order valence-corrected chi connectivity index (χ4v) is 4.77. The Morgan fingerprint density at radius 1 is 1.12 bits per heavy atom. The Morgan fingerprint density at radius 2 is 1.88 bits per heavy atom. The maximum Gasteiger partial charge on any atom is 0.277 e. The van der Waals surface area contributed by atoms with Gasteiger partial charge >= 0.3 is 0 Å². The van der Waals surface area contributed by atoms with Crippen LogP contribution >= 0.6 is 0 Å². The molecule has 0 saturated heterocycles. The van der Waals surface area contributed by atoms with Crippen LogP contribution in [0.25, 0.3) is 28.1 Å². The molecule has 0 fully saturated rings. The lowest BCUT2D eigenvalue weighted by molar-refractivity contribution is 0.185. The van der Waals surface area contributed by atoms with E-state index in [1.165, 1.54) is 19.2 Å². The van der Waals surface area contributed by atoms with Gasteiger partial charge in [-0.1, -0.05) is 18.2 Å². The second kappa shape index (κ2) is 9.85. The van der Waals surface area contributed by atoms with Gasteiger partial charge in [0.2, 0.25) is 10.0 Å². The van der Waals surface area contributed by atoms with Gasteiger partial charge in [0.1, 0.15) is 11.3 Å². The highest BCUT2D eigenvalue weighted by Gasteiger charge is 2.20. The van der Waals surface area contributed by atoms with E-state index in [1.54, 1.807) is 24.7 Å². The van der Waals surface area contributed by atoms with E-state index in [0.29, 0.717) is 40.2 Å². The van der Waals surface area contributed by atoms with Crippen LogP contribution in [0.1, 0.15) is 11.3 Å². The summed E-state index contributed by atoms with van der Waals surface area (Å²) in [6.45, 7) is 2.69. The number of nitrogens with zero attached hydrogens (tertiary/aromatic N) is 3. The summed E-state index contributed by atoms with van der Waals surface area (Å²) in [5.74, 6) is 0.312. The molecule has 0 aliphatic carbocycles. The summed E-state index contributed by atoms with van der Waals surface area (Å²) in [6, 6.07) is 14.0. The summed E-state index contributed by atoms with van der Waals surface area (Å²) in [4.78, 5) is 20.7. The molecule has 4 aromatic rings. The Kier molecular flexibility index (Phi) is 6.89. The Bertz CT molecular complexity index is 1480. The van der Waals surface area contributed by atoms with E-state index in [0.717, 1.165) is 5.69 Å². The molecule has 0 bridgehead atoms. The van der Waals surface area contributed by atoms with E-state index >= 15 is 0 Å². The monoisotopic (exact) mass is 482 g/mol. The molecular weight excluding hydrogens is 456 g/mol. The molecule has 4 rings (SSSR count). The van der Waals surface area contributed by atoms with E-state index in [1.807, 2.05) is 30.3 Å². The first-order chi connectivity index (χ1) is 16.4. The highest BCUT2D eigenvalue weighted by molar-refractivity contribution is 7.89. The summed E-state index contributed by atoms with van der Waals surface area (Å²) in [5, 5.41) is 7.41. The van der Waals surface area contributed by atoms with Gasteiger partial charge in [-0.15, -0.1) is 0 Å². The van der Waals surface area contributed by atoms with E-state index in [9.17, 15) is 13.2 Å². The molecule has 0 spiro atoms.